The number of ether oxygens (including phenoxy) is 1. The topological polar surface area (TPSA) is 111 Å². The van der Waals surface area contributed by atoms with Gasteiger partial charge >= 0.3 is 4.87 Å². The van der Waals surface area contributed by atoms with Crippen LogP contribution in [0, 0.1) is 0 Å². The number of pyridine rings is 1. The fraction of sp³-hybridized carbons (Fsp3) is 0.200. The van der Waals surface area contributed by atoms with E-state index in [9.17, 15) is 18.3 Å². The minimum absolute atomic E-state index is 0.0716. The largest absolute Gasteiger partial charge is 0.494 e. The first-order valence-corrected chi connectivity index (χ1v) is 13.6. The number of aromatic nitrogens is 2. The van der Waals surface area contributed by atoms with Crippen molar-refractivity contribution in [2.75, 3.05) is 17.6 Å². The van der Waals surface area contributed by atoms with E-state index in [1.165, 1.54) is 9.95 Å². The molecule has 0 spiro atoms. The highest BCUT2D eigenvalue weighted by atomic mass is 32.2. The third-order valence-electron chi connectivity index (χ3n) is 5.36. The van der Waals surface area contributed by atoms with Crippen LogP contribution in [0.15, 0.2) is 83.2 Å². The zero-order chi connectivity index (χ0) is 24.8. The summed E-state index contributed by atoms with van der Waals surface area (Å²) < 4.78 is 32.9. The highest BCUT2D eigenvalue weighted by molar-refractivity contribution is 7.92. The van der Waals surface area contributed by atoms with Gasteiger partial charge in [-0.15, -0.1) is 0 Å². The molecule has 0 radical (unpaired) electrons. The van der Waals surface area contributed by atoms with Gasteiger partial charge < -0.3 is 9.84 Å². The summed E-state index contributed by atoms with van der Waals surface area (Å²) in [7, 11) is -3.36. The first-order chi connectivity index (χ1) is 16.8. The second-order valence-electron chi connectivity index (χ2n) is 8.07. The van der Waals surface area contributed by atoms with Gasteiger partial charge in [-0.05, 0) is 59.9 Å². The average molecular weight is 512 g/mol. The molecule has 10 heteroatoms. The number of sulfonamides is 1. The Morgan fingerprint density at radius 1 is 1.11 bits per heavy atom. The number of aryl methyl sites for hydroxylation is 1. The monoisotopic (exact) mass is 511 g/mol. The summed E-state index contributed by atoms with van der Waals surface area (Å²) in [5, 5.41) is 11.6. The summed E-state index contributed by atoms with van der Waals surface area (Å²) in [6.07, 6.45) is 5.88. The minimum atomic E-state index is -3.36. The van der Waals surface area contributed by atoms with Gasteiger partial charge in [0.2, 0.25) is 15.9 Å². The summed E-state index contributed by atoms with van der Waals surface area (Å²) in [5.74, 6) is 0.547. The third-order valence-corrected chi connectivity index (χ3v) is 6.69. The molecule has 0 saturated heterocycles. The maximum absolute atomic E-state index is 12.3. The number of aromatic hydroxyl groups is 1. The quantitative estimate of drug-likeness (QED) is 0.328. The van der Waals surface area contributed by atoms with Gasteiger partial charge in [-0.1, -0.05) is 41.7 Å². The Labute approximate surface area is 207 Å². The lowest BCUT2D eigenvalue weighted by Crippen LogP contribution is -2.25. The van der Waals surface area contributed by atoms with Gasteiger partial charge in [0, 0.05) is 18.1 Å². The van der Waals surface area contributed by atoms with E-state index in [1.807, 2.05) is 42.5 Å². The molecule has 182 valence electrons. The fourth-order valence-electron chi connectivity index (χ4n) is 3.72. The van der Waals surface area contributed by atoms with Crippen molar-refractivity contribution in [3.8, 4) is 22.8 Å². The van der Waals surface area contributed by atoms with Crippen LogP contribution in [-0.4, -0.2) is 35.9 Å². The van der Waals surface area contributed by atoms with E-state index in [1.54, 1.807) is 30.6 Å². The number of benzene rings is 2. The molecule has 0 bridgehead atoms. The Balaban J connectivity index is 1.46. The van der Waals surface area contributed by atoms with Crippen molar-refractivity contribution < 1.29 is 18.3 Å². The first-order valence-electron chi connectivity index (χ1n) is 10.9. The van der Waals surface area contributed by atoms with Crippen molar-refractivity contribution in [2.24, 2.45) is 0 Å². The van der Waals surface area contributed by atoms with Gasteiger partial charge in [0.1, 0.15) is 12.4 Å². The molecule has 4 aromatic rings. The zero-order valence-electron chi connectivity index (χ0n) is 19.0. The van der Waals surface area contributed by atoms with E-state index in [2.05, 4.69) is 9.71 Å². The van der Waals surface area contributed by atoms with Gasteiger partial charge in [0.15, 0.2) is 0 Å². The van der Waals surface area contributed by atoms with Crippen molar-refractivity contribution >= 4 is 27.0 Å². The van der Waals surface area contributed by atoms with E-state index in [0.29, 0.717) is 24.3 Å². The molecule has 0 aliphatic carbocycles. The number of rotatable bonds is 10. The molecule has 0 aliphatic heterocycles. The summed E-state index contributed by atoms with van der Waals surface area (Å²) >= 11 is 0.953. The van der Waals surface area contributed by atoms with E-state index < -0.39 is 10.0 Å². The smallest absolute Gasteiger partial charge is 0.310 e. The summed E-state index contributed by atoms with van der Waals surface area (Å²) in [5.41, 5.74) is 3.28. The molecule has 8 nitrogen and oxygen atoms in total. The Morgan fingerprint density at radius 2 is 1.91 bits per heavy atom. The molecule has 0 fully saturated rings. The molecule has 0 aliphatic rings. The normalized spacial score (nSPS) is 12.3. The third kappa shape index (κ3) is 6.71. The lowest BCUT2D eigenvalue weighted by atomic mass is 10.1. The number of anilines is 1. The molecule has 2 aromatic heterocycles. The molecule has 0 amide bonds. The van der Waals surface area contributed by atoms with Crippen LogP contribution in [0.3, 0.4) is 0 Å². The second-order valence-corrected chi connectivity index (χ2v) is 10.6. The highest BCUT2D eigenvalue weighted by Gasteiger charge is 2.19. The van der Waals surface area contributed by atoms with Crippen molar-refractivity contribution in [1.29, 1.82) is 0 Å². The van der Waals surface area contributed by atoms with Crippen LogP contribution in [0.1, 0.15) is 18.0 Å². The van der Waals surface area contributed by atoms with Crippen LogP contribution in [0.5, 0.6) is 11.6 Å². The molecular weight excluding hydrogens is 486 g/mol. The van der Waals surface area contributed by atoms with Gasteiger partial charge in [0.25, 0.3) is 0 Å². The van der Waals surface area contributed by atoms with Crippen molar-refractivity contribution in [2.45, 2.75) is 18.9 Å². The number of hydrogen-bond donors (Lipinski definition) is 2. The van der Waals surface area contributed by atoms with E-state index in [-0.39, 0.29) is 23.4 Å². The number of thiazole rings is 1. The van der Waals surface area contributed by atoms with Gasteiger partial charge in [-0.3, -0.25) is 19.1 Å². The molecule has 0 saturated carbocycles. The molecule has 4 rings (SSSR count). The molecule has 1 unspecified atom stereocenters. The van der Waals surface area contributed by atoms with Crippen LogP contribution in [0.4, 0.5) is 5.69 Å². The number of nitrogens with one attached hydrogen (secondary N) is 1. The lowest BCUT2D eigenvalue weighted by molar-refractivity contribution is 0.228. The molecule has 2 aromatic carbocycles. The Bertz CT molecular complexity index is 1430. The Hall–Kier alpha value is -3.63. The predicted octanol–water partition coefficient (Wildman–Crippen LogP) is 4.30. The van der Waals surface area contributed by atoms with E-state index in [4.69, 9.17) is 4.74 Å². The summed E-state index contributed by atoms with van der Waals surface area (Å²) in [6.45, 7) is 0.206. The van der Waals surface area contributed by atoms with Gasteiger partial charge in [-0.2, -0.15) is 0 Å². The predicted molar refractivity (Wildman–Crippen MR) is 138 cm³/mol. The molecule has 1 atom stereocenters. The SMILES string of the molecule is CS(=O)(=O)Nc1cccc(-c2ccc(OCC(CCc3cccnc3)n3c(O)csc3=O)cc2)c1. The first kappa shape index (κ1) is 24.5. The standard InChI is InChI=1S/C25H25N3O5S2/c1-35(31,32)27-21-6-2-5-20(14-21)19-8-11-23(12-9-19)33-16-22(28-24(29)17-34-25(28)30)10-7-18-4-3-13-26-15-18/h2-6,8-9,11-15,17,22,27,29H,7,10,16H2,1H3. The van der Waals surface area contributed by atoms with Crippen LogP contribution < -0.4 is 14.3 Å². The highest BCUT2D eigenvalue weighted by Crippen LogP contribution is 2.27. The summed E-state index contributed by atoms with van der Waals surface area (Å²) in [4.78, 5) is 16.2. The van der Waals surface area contributed by atoms with Crippen molar-refractivity contribution in [1.82, 2.24) is 9.55 Å². The van der Waals surface area contributed by atoms with Crippen LogP contribution >= 0.6 is 11.3 Å². The van der Waals surface area contributed by atoms with E-state index in [0.717, 1.165) is 34.3 Å². The summed E-state index contributed by atoms with van der Waals surface area (Å²) in [6, 6.07) is 18.0. The van der Waals surface area contributed by atoms with E-state index >= 15 is 0 Å². The second kappa shape index (κ2) is 10.7. The van der Waals surface area contributed by atoms with Crippen LogP contribution in [0.2, 0.25) is 0 Å². The maximum atomic E-state index is 12.3. The maximum Gasteiger partial charge on any atom is 0.310 e. The van der Waals surface area contributed by atoms with Crippen molar-refractivity contribution in [3.63, 3.8) is 0 Å². The zero-order valence-corrected chi connectivity index (χ0v) is 20.6. The fourth-order valence-corrected chi connectivity index (χ4v) is 4.96. The molecular formula is C25H25N3O5S2. The van der Waals surface area contributed by atoms with Crippen molar-refractivity contribution in [3.05, 3.63) is 93.7 Å². The average Bonchev–Trinajstić information content (AvgIpc) is 3.17. The lowest BCUT2D eigenvalue weighted by Gasteiger charge is -2.19. The van der Waals surface area contributed by atoms with Crippen LogP contribution in [0.25, 0.3) is 11.1 Å². The van der Waals surface area contributed by atoms with Crippen LogP contribution in [-0.2, 0) is 16.4 Å². The van der Waals surface area contributed by atoms with Gasteiger partial charge in [0.05, 0.1) is 17.7 Å². The minimum Gasteiger partial charge on any atom is -0.494 e. The Morgan fingerprint density at radius 3 is 2.57 bits per heavy atom. The molecule has 2 heterocycles. The number of hydrogen-bond acceptors (Lipinski definition) is 7. The molecule has 35 heavy (non-hydrogen) atoms. The van der Waals surface area contributed by atoms with Gasteiger partial charge in [-0.25, -0.2) is 8.42 Å². The Kier molecular flexibility index (Phi) is 7.52. The number of nitrogens with zero attached hydrogens (tertiary/aromatic N) is 2. The molecule has 2 N–H and O–H groups in total.